The lowest BCUT2D eigenvalue weighted by atomic mass is 9.95. The molecule has 0 aromatic carbocycles. The van der Waals surface area contributed by atoms with Crippen molar-refractivity contribution >= 4 is 22.7 Å². The van der Waals surface area contributed by atoms with Gasteiger partial charge in [0.15, 0.2) is 5.96 Å². The quantitative estimate of drug-likeness (QED) is 0.475. The van der Waals surface area contributed by atoms with Crippen LogP contribution >= 0.6 is 0 Å². The van der Waals surface area contributed by atoms with E-state index >= 15 is 0 Å². The number of amides is 1. The molecule has 0 aromatic heterocycles. The fourth-order valence-electron chi connectivity index (χ4n) is 2.63. The number of aliphatic imine (C=N–C) groups is 1. The predicted molar refractivity (Wildman–Crippen MR) is 92.5 cm³/mol. The molecule has 0 heterocycles. The molecule has 3 N–H and O–H groups in total. The van der Waals surface area contributed by atoms with Crippen LogP contribution in [0.1, 0.15) is 46.0 Å². The van der Waals surface area contributed by atoms with Gasteiger partial charge in [0.25, 0.3) is 0 Å². The van der Waals surface area contributed by atoms with E-state index in [1.165, 1.54) is 0 Å². The summed E-state index contributed by atoms with van der Waals surface area (Å²) < 4.78 is 12.0. The molecule has 0 bridgehead atoms. The standard InChI is InChI=1S/C15H30N4O2S/c1-4-9-17-14(20)11-18-15(16-3)19-12-7-6-8-13(10-12)22(21)5-2/h12-13H,4-11H2,1-3H3,(H,17,20)(H2,16,18,19). The SMILES string of the molecule is CCCNC(=O)CNC(=NC)NC1CCCC(S(=O)CC)C1. The number of carbonyl (C=O) groups is 1. The molecule has 128 valence electrons. The zero-order chi connectivity index (χ0) is 16.4. The van der Waals surface area contributed by atoms with E-state index in [1.807, 2.05) is 13.8 Å². The van der Waals surface area contributed by atoms with Crippen molar-refractivity contribution in [2.24, 2.45) is 4.99 Å². The van der Waals surface area contributed by atoms with Gasteiger partial charge in [-0.25, -0.2) is 0 Å². The predicted octanol–water partition coefficient (Wildman–Crippen LogP) is 0.757. The second-order valence-corrected chi connectivity index (χ2v) is 7.58. The molecule has 0 radical (unpaired) electrons. The lowest BCUT2D eigenvalue weighted by Gasteiger charge is -2.30. The summed E-state index contributed by atoms with van der Waals surface area (Å²) in [6, 6.07) is 0.277. The van der Waals surface area contributed by atoms with Crippen LogP contribution in [0.3, 0.4) is 0 Å². The van der Waals surface area contributed by atoms with Gasteiger partial charge in [0.2, 0.25) is 5.91 Å². The molecule has 1 fully saturated rings. The highest BCUT2D eigenvalue weighted by atomic mass is 32.2. The zero-order valence-electron chi connectivity index (χ0n) is 14.0. The molecule has 0 spiro atoms. The summed E-state index contributed by atoms with van der Waals surface area (Å²) in [7, 11) is 0.968. The van der Waals surface area contributed by atoms with Crippen LogP contribution in [-0.2, 0) is 15.6 Å². The van der Waals surface area contributed by atoms with Gasteiger partial charge in [-0.3, -0.25) is 14.0 Å². The third kappa shape index (κ3) is 6.77. The molecule has 3 atom stereocenters. The number of nitrogens with one attached hydrogen (secondary N) is 3. The smallest absolute Gasteiger partial charge is 0.239 e. The van der Waals surface area contributed by atoms with Crippen LogP contribution in [0.4, 0.5) is 0 Å². The second kappa shape index (κ2) is 10.6. The van der Waals surface area contributed by atoms with Gasteiger partial charge >= 0.3 is 0 Å². The van der Waals surface area contributed by atoms with Crippen molar-refractivity contribution in [3.63, 3.8) is 0 Å². The number of guanidine groups is 1. The maximum Gasteiger partial charge on any atom is 0.239 e. The van der Waals surface area contributed by atoms with Gasteiger partial charge in [0.1, 0.15) is 0 Å². The summed E-state index contributed by atoms with van der Waals surface area (Å²) >= 11 is 0. The fourth-order valence-corrected chi connectivity index (χ4v) is 3.98. The van der Waals surface area contributed by atoms with Crippen LogP contribution in [0.5, 0.6) is 0 Å². The third-order valence-corrected chi connectivity index (χ3v) is 5.58. The Kier molecular flexibility index (Phi) is 9.11. The molecular weight excluding hydrogens is 300 g/mol. The average Bonchev–Trinajstić information content (AvgIpc) is 2.56. The van der Waals surface area contributed by atoms with Gasteiger partial charge in [-0.1, -0.05) is 20.3 Å². The van der Waals surface area contributed by atoms with Gasteiger partial charge in [0.05, 0.1) is 6.54 Å². The molecule has 1 aliphatic carbocycles. The molecule has 0 saturated heterocycles. The Balaban J connectivity index is 2.39. The molecule has 7 heteroatoms. The minimum atomic E-state index is -0.730. The summed E-state index contributed by atoms with van der Waals surface area (Å²) in [5.41, 5.74) is 0. The first-order valence-corrected chi connectivity index (χ1v) is 9.59. The zero-order valence-corrected chi connectivity index (χ0v) is 14.8. The average molecular weight is 330 g/mol. The molecular formula is C15H30N4O2S. The Morgan fingerprint density at radius 2 is 2.05 bits per heavy atom. The van der Waals surface area contributed by atoms with Crippen molar-refractivity contribution in [3.05, 3.63) is 0 Å². The molecule has 22 heavy (non-hydrogen) atoms. The van der Waals surface area contributed by atoms with Crippen LogP contribution in [-0.4, -0.2) is 53.3 Å². The van der Waals surface area contributed by atoms with E-state index in [9.17, 15) is 9.00 Å². The molecule has 3 unspecified atom stereocenters. The van der Waals surface area contributed by atoms with Gasteiger partial charge in [-0.2, -0.15) is 0 Å². The topological polar surface area (TPSA) is 82.6 Å². The molecule has 6 nitrogen and oxygen atoms in total. The summed E-state index contributed by atoms with van der Waals surface area (Å²) in [5.74, 6) is 1.33. The van der Waals surface area contributed by atoms with Crippen molar-refractivity contribution in [1.82, 2.24) is 16.0 Å². The number of rotatable bonds is 7. The fraction of sp³-hybridized carbons (Fsp3) is 0.867. The maximum atomic E-state index is 12.0. The van der Waals surface area contributed by atoms with Gasteiger partial charge in [-0.05, 0) is 25.7 Å². The monoisotopic (exact) mass is 330 g/mol. The number of carbonyl (C=O) groups excluding carboxylic acids is 1. The highest BCUT2D eigenvalue weighted by Crippen LogP contribution is 2.22. The highest BCUT2D eigenvalue weighted by molar-refractivity contribution is 7.85. The minimum Gasteiger partial charge on any atom is -0.355 e. The van der Waals surface area contributed by atoms with Crippen LogP contribution in [0.25, 0.3) is 0 Å². The molecule has 0 aromatic rings. The number of nitrogens with zero attached hydrogens (tertiary/aromatic N) is 1. The number of hydrogen-bond donors (Lipinski definition) is 3. The number of hydrogen-bond acceptors (Lipinski definition) is 3. The van der Waals surface area contributed by atoms with E-state index in [0.717, 1.165) is 37.9 Å². The van der Waals surface area contributed by atoms with Crippen molar-refractivity contribution in [3.8, 4) is 0 Å². The Morgan fingerprint density at radius 3 is 2.68 bits per heavy atom. The minimum absolute atomic E-state index is 0.0293. The maximum absolute atomic E-state index is 12.0. The Morgan fingerprint density at radius 1 is 1.27 bits per heavy atom. The van der Waals surface area contributed by atoms with Crippen LogP contribution in [0, 0.1) is 0 Å². The first kappa shape index (κ1) is 18.9. The highest BCUT2D eigenvalue weighted by Gasteiger charge is 2.26. The van der Waals surface area contributed by atoms with E-state index in [4.69, 9.17) is 0 Å². The molecule has 1 rings (SSSR count). The largest absolute Gasteiger partial charge is 0.355 e. The van der Waals surface area contributed by atoms with Gasteiger partial charge in [0, 0.05) is 41.4 Å². The van der Waals surface area contributed by atoms with E-state index in [-0.39, 0.29) is 23.7 Å². The van der Waals surface area contributed by atoms with Crippen molar-refractivity contribution in [2.45, 2.75) is 57.2 Å². The Bertz CT molecular complexity index is 401. The van der Waals surface area contributed by atoms with Crippen molar-refractivity contribution in [1.29, 1.82) is 0 Å². The molecule has 1 aliphatic rings. The molecule has 1 amide bonds. The molecule has 0 aliphatic heterocycles. The normalized spacial score (nSPS) is 23.7. The Hall–Kier alpha value is -1.11. The van der Waals surface area contributed by atoms with Crippen molar-refractivity contribution in [2.75, 3.05) is 25.9 Å². The summed E-state index contributed by atoms with van der Waals surface area (Å²) in [6.07, 6.45) is 5.02. The Labute approximate surface area is 136 Å². The first-order chi connectivity index (χ1) is 10.6. The van der Waals surface area contributed by atoms with Crippen LogP contribution in [0.2, 0.25) is 0 Å². The summed E-state index contributed by atoms with van der Waals surface area (Å²) in [6.45, 7) is 4.91. The van der Waals surface area contributed by atoms with Gasteiger partial charge in [-0.15, -0.1) is 0 Å². The van der Waals surface area contributed by atoms with E-state index < -0.39 is 10.8 Å². The summed E-state index contributed by atoms with van der Waals surface area (Å²) in [5, 5.41) is 9.49. The lowest BCUT2D eigenvalue weighted by Crippen LogP contribution is -2.49. The molecule has 1 saturated carbocycles. The van der Waals surface area contributed by atoms with Crippen molar-refractivity contribution < 1.29 is 9.00 Å². The summed E-state index contributed by atoms with van der Waals surface area (Å²) in [4.78, 5) is 15.8. The first-order valence-electron chi connectivity index (χ1n) is 8.21. The van der Waals surface area contributed by atoms with E-state index in [0.29, 0.717) is 12.5 Å². The van der Waals surface area contributed by atoms with Crippen LogP contribution in [0.15, 0.2) is 4.99 Å². The van der Waals surface area contributed by atoms with Gasteiger partial charge < -0.3 is 16.0 Å². The van der Waals surface area contributed by atoms with Crippen LogP contribution < -0.4 is 16.0 Å². The lowest BCUT2D eigenvalue weighted by molar-refractivity contribution is -0.120. The second-order valence-electron chi connectivity index (χ2n) is 5.58. The third-order valence-electron chi connectivity index (χ3n) is 3.84. The van der Waals surface area contributed by atoms with E-state index in [1.54, 1.807) is 7.05 Å². The van der Waals surface area contributed by atoms with E-state index in [2.05, 4.69) is 20.9 Å².